The van der Waals surface area contributed by atoms with Gasteiger partial charge in [-0.1, -0.05) is 0 Å². The predicted molar refractivity (Wildman–Crippen MR) is 75.0 cm³/mol. The Kier molecular flexibility index (Phi) is 4.46. The maximum Gasteiger partial charge on any atom is 0.174 e. The van der Waals surface area contributed by atoms with Gasteiger partial charge in [0.25, 0.3) is 0 Å². The SMILES string of the molecule is CCn1cccc1CNc1ccc(OCC#N)cc1. The van der Waals surface area contributed by atoms with Gasteiger partial charge < -0.3 is 14.6 Å². The zero-order chi connectivity index (χ0) is 13.5. The van der Waals surface area contributed by atoms with E-state index in [2.05, 4.69) is 35.1 Å². The van der Waals surface area contributed by atoms with Gasteiger partial charge in [-0.15, -0.1) is 0 Å². The van der Waals surface area contributed by atoms with Gasteiger partial charge in [0, 0.05) is 24.1 Å². The maximum absolute atomic E-state index is 8.43. The minimum atomic E-state index is 0.0801. The van der Waals surface area contributed by atoms with Gasteiger partial charge in [-0.3, -0.25) is 0 Å². The van der Waals surface area contributed by atoms with Crippen molar-refractivity contribution in [3.05, 3.63) is 48.3 Å². The molecule has 1 aromatic heterocycles. The smallest absolute Gasteiger partial charge is 0.174 e. The van der Waals surface area contributed by atoms with Gasteiger partial charge in [-0.2, -0.15) is 5.26 Å². The molecular formula is C15H17N3O. The van der Waals surface area contributed by atoms with E-state index in [1.54, 1.807) is 0 Å². The summed E-state index contributed by atoms with van der Waals surface area (Å²) in [5.74, 6) is 0.712. The van der Waals surface area contributed by atoms with Crippen molar-refractivity contribution in [3.63, 3.8) is 0 Å². The number of aryl methyl sites for hydroxylation is 1. The van der Waals surface area contributed by atoms with Crippen molar-refractivity contribution in [1.82, 2.24) is 4.57 Å². The Balaban J connectivity index is 1.91. The van der Waals surface area contributed by atoms with Crippen LogP contribution < -0.4 is 10.1 Å². The molecule has 2 aromatic rings. The first-order chi connectivity index (χ1) is 9.33. The van der Waals surface area contributed by atoms with Gasteiger partial charge in [0.05, 0.1) is 6.54 Å². The molecule has 4 nitrogen and oxygen atoms in total. The molecule has 0 saturated heterocycles. The number of nitrogens with zero attached hydrogens (tertiary/aromatic N) is 2. The Morgan fingerprint density at radius 1 is 1.26 bits per heavy atom. The van der Waals surface area contributed by atoms with Crippen LogP contribution in [0.25, 0.3) is 0 Å². The van der Waals surface area contributed by atoms with Crippen LogP contribution >= 0.6 is 0 Å². The number of nitriles is 1. The third-order valence-corrected chi connectivity index (χ3v) is 2.90. The molecule has 0 fully saturated rings. The summed E-state index contributed by atoms with van der Waals surface area (Å²) in [6.07, 6.45) is 2.08. The van der Waals surface area contributed by atoms with Crippen molar-refractivity contribution in [2.24, 2.45) is 0 Å². The molecule has 0 saturated carbocycles. The largest absolute Gasteiger partial charge is 0.479 e. The zero-order valence-corrected chi connectivity index (χ0v) is 11.0. The van der Waals surface area contributed by atoms with E-state index in [-0.39, 0.29) is 6.61 Å². The molecule has 0 aliphatic heterocycles. The highest BCUT2D eigenvalue weighted by molar-refractivity contribution is 5.46. The second kappa shape index (κ2) is 6.50. The molecule has 0 aliphatic carbocycles. The number of anilines is 1. The molecule has 1 aromatic carbocycles. The first kappa shape index (κ1) is 13.0. The summed E-state index contributed by atoms with van der Waals surface area (Å²) >= 11 is 0. The van der Waals surface area contributed by atoms with E-state index in [1.165, 1.54) is 5.69 Å². The summed E-state index contributed by atoms with van der Waals surface area (Å²) in [5.41, 5.74) is 2.29. The van der Waals surface area contributed by atoms with Crippen LogP contribution in [0.1, 0.15) is 12.6 Å². The van der Waals surface area contributed by atoms with Gasteiger partial charge in [-0.05, 0) is 43.3 Å². The van der Waals surface area contributed by atoms with Gasteiger partial charge in [0.1, 0.15) is 11.8 Å². The van der Waals surface area contributed by atoms with Crippen molar-refractivity contribution in [2.45, 2.75) is 20.0 Å². The molecule has 0 bridgehead atoms. The average Bonchev–Trinajstić information content (AvgIpc) is 2.91. The number of ether oxygens (including phenoxy) is 1. The molecule has 19 heavy (non-hydrogen) atoms. The lowest BCUT2D eigenvalue weighted by atomic mass is 10.3. The van der Waals surface area contributed by atoms with Crippen molar-refractivity contribution >= 4 is 5.69 Å². The minimum absolute atomic E-state index is 0.0801. The lowest BCUT2D eigenvalue weighted by molar-refractivity contribution is 0.368. The first-order valence-corrected chi connectivity index (χ1v) is 6.31. The zero-order valence-electron chi connectivity index (χ0n) is 11.0. The number of hydrogen-bond acceptors (Lipinski definition) is 3. The van der Waals surface area contributed by atoms with E-state index in [0.717, 1.165) is 18.8 Å². The number of aromatic nitrogens is 1. The highest BCUT2D eigenvalue weighted by Crippen LogP contribution is 2.16. The summed E-state index contributed by atoms with van der Waals surface area (Å²) in [5, 5.41) is 11.8. The fourth-order valence-corrected chi connectivity index (χ4v) is 1.90. The van der Waals surface area contributed by atoms with Crippen molar-refractivity contribution in [3.8, 4) is 11.8 Å². The number of nitrogens with one attached hydrogen (secondary N) is 1. The third kappa shape index (κ3) is 3.52. The molecule has 2 rings (SSSR count). The second-order valence-corrected chi connectivity index (χ2v) is 4.11. The third-order valence-electron chi connectivity index (χ3n) is 2.90. The van der Waals surface area contributed by atoms with E-state index in [1.807, 2.05) is 30.3 Å². The van der Waals surface area contributed by atoms with Crippen LogP contribution in [0.2, 0.25) is 0 Å². The Morgan fingerprint density at radius 2 is 2.05 bits per heavy atom. The number of rotatable bonds is 6. The molecule has 1 heterocycles. The van der Waals surface area contributed by atoms with E-state index < -0.39 is 0 Å². The standard InChI is InChI=1S/C15H17N3O/c1-2-18-10-3-4-14(18)12-17-13-5-7-15(8-6-13)19-11-9-16/h3-8,10,17H,2,11-12H2,1H3. The second-order valence-electron chi connectivity index (χ2n) is 4.11. The lowest BCUT2D eigenvalue weighted by Crippen LogP contribution is -2.05. The summed E-state index contributed by atoms with van der Waals surface area (Å²) in [4.78, 5) is 0. The van der Waals surface area contributed by atoms with Gasteiger partial charge in [0.2, 0.25) is 0 Å². The van der Waals surface area contributed by atoms with E-state index in [0.29, 0.717) is 5.75 Å². The number of benzene rings is 1. The Hall–Kier alpha value is -2.41. The predicted octanol–water partition coefficient (Wildman–Crippen LogP) is 3.02. The maximum atomic E-state index is 8.43. The van der Waals surface area contributed by atoms with Crippen molar-refractivity contribution in [2.75, 3.05) is 11.9 Å². The normalized spacial score (nSPS) is 9.89. The van der Waals surface area contributed by atoms with Crippen LogP contribution in [0.5, 0.6) is 5.75 Å². The van der Waals surface area contributed by atoms with E-state index in [4.69, 9.17) is 10.00 Å². The van der Waals surface area contributed by atoms with Gasteiger partial charge >= 0.3 is 0 Å². The Labute approximate surface area is 113 Å². The van der Waals surface area contributed by atoms with Crippen LogP contribution in [0, 0.1) is 11.3 Å². The summed E-state index contributed by atoms with van der Waals surface area (Å²) in [7, 11) is 0. The van der Waals surface area contributed by atoms with Crippen LogP contribution in [-0.2, 0) is 13.1 Å². The van der Waals surface area contributed by atoms with Crippen LogP contribution in [-0.4, -0.2) is 11.2 Å². The fraction of sp³-hybridized carbons (Fsp3) is 0.267. The Morgan fingerprint density at radius 3 is 2.74 bits per heavy atom. The van der Waals surface area contributed by atoms with Gasteiger partial charge in [-0.25, -0.2) is 0 Å². The highest BCUT2D eigenvalue weighted by atomic mass is 16.5. The van der Waals surface area contributed by atoms with Gasteiger partial charge in [0.15, 0.2) is 6.61 Å². The van der Waals surface area contributed by atoms with Crippen LogP contribution in [0.15, 0.2) is 42.6 Å². The molecule has 1 N–H and O–H groups in total. The monoisotopic (exact) mass is 255 g/mol. The molecule has 0 amide bonds. The lowest BCUT2D eigenvalue weighted by Gasteiger charge is -2.10. The Bertz CT molecular complexity index is 552. The average molecular weight is 255 g/mol. The fourth-order valence-electron chi connectivity index (χ4n) is 1.90. The number of hydrogen-bond donors (Lipinski definition) is 1. The summed E-state index contributed by atoms with van der Waals surface area (Å²) < 4.78 is 7.41. The molecule has 98 valence electrons. The van der Waals surface area contributed by atoms with Crippen LogP contribution in [0.4, 0.5) is 5.69 Å². The molecule has 4 heteroatoms. The van der Waals surface area contributed by atoms with Crippen molar-refractivity contribution in [1.29, 1.82) is 5.26 Å². The quantitative estimate of drug-likeness (QED) is 0.863. The molecule has 0 atom stereocenters. The molecule has 0 radical (unpaired) electrons. The van der Waals surface area contributed by atoms with E-state index in [9.17, 15) is 0 Å². The summed E-state index contributed by atoms with van der Waals surface area (Å²) in [6.45, 7) is 3.98. The topological polar surface area (TPSA) is 50.0 Å². The molecule has 0 spiro atoms. The molecular weight excluding hydrogens is 238 g/mol. The highest BCUT2D eigenvalue weighted by Gasteiger charge is 1.99. The minimum Gasteiger partial charge on any atom is -0.479 e. The summed E-state index contributed by atoms with van der Waals surface area (Å²) in [6, 6.07) is 13.7. The van der Waals surface area contributed by atoms with Crippen LogP contribution in [0.3, 0.4) is 0 Å². The van der Waals surface area contributed by atoms with Crippen molar-refractivity contribution < 1.29 is 4.74 Å². The first-order valence-electron chi connectivity index (χ1n) is 6.31. The molecule has 0 aliphatic rings. The molecule has 0 unspecified atom stereocenters. The van der Waals surface area contributed by atoms with E-state index >= 15 is 0 Å².